The van der Waals surface area contributed by atoms with Gasteiger partial charge in [-0.2, -0.15) is 13.2 Å². The maximum Gasteiger partial charge on any atom is 0.490 e. The summed E-state index contributed by atoms with van der Waals surface area (Å²) in [6, 6.07) is 10.7. The van der Waals surface area contributed by atoms with Gasteiger partial charge >= 0.3 is 12.1 Å². The van der Waals surface area contributed by atoms with E-state index in [-0.39, 0.29) is 23.4 Å². The lowest BCUT2D eigenvalue weighted by Crippen LogP contribution is -2.32. The van der Waals surface area contributed by atoms with Gasteiger partial charge in [0.15, 0.2) is 11.0 Å². The number of hydrogen-bond donors (Lipinski definition) is 5. The first-order valence-corrected chi connectivity index (χ1v) is 11.2. The number of nitrogen functional groups attached to an aromatic ring is 1. The van der Waals surface area contributed by atoms with Gasteiger partial charge in [-0.1, -0.05) is 29.8 Å². The Labute approximate surface area is 219 Å². The van der Waals surface area contributed by atoms with Crippen LogP contribution in [0.3, 0.4) is 0 Å². The van der Waals surface area contributed by atoms with Gasteiger partial charge in [-0.25, -0.2) is 14.8 Å². The Bertz CT molecular complexity index is 1380. The van der Waals surface area contributed by atoms with E-state index in [1.165, 1.54) is 4.57 Å². The molecule has 7 N–H and O–H groups in total. The molecule has 11 nitrogen and oxygen atoms in total. The fourth-order valence-corrected chi connectivity index (χ4v) is 3.21. The number of nitrogens with two attached hydrogens (primary N) is 2. The third-order valence-corrected chi connectivity index (χ3v) is 5.37. The maximum absolute atomic E-state index is 12.9. The fourth-order valence-electron chi connectivity index (χ4n) is 3.02. The quantitative estimate of drug-likeness (QED) is 0.293. The molecule has 0 aliphatic heterocycles. The number of carboxylic acids is 1. The number of carbonyl (C=O) groups is 2. The van der Waals surface area contributed by atoms with Gasteiger partial charge in [0, 0.05) is 24.5 Å². The number of aryl methyl sites for hydroxylation is 1. The van der Waals surface area contributed by atoms with Gasteiger partial charge in [-0.05, 0) is 43.2 Å². The summed E-state index contributed by atoms with van der Waals surface area (Å²) in [6.07, 6.45) is -5.08. The number of aliphatic carboxylic acids is 1. The molecule has 15 heteroatoms. The second kappa shape index (κ2) is 12.9. The first kappa shape index (κ1) is 30.1. The predicted molar refractivity (Wildman–Crippen MR) is 136 cm³/mol. The molecule has 3 aromatic rings. The maximum atomic E-state index is 12.9. The number of nitrogens with zero attached hydrogens (tertiary/aromatic N) is 3. The number of anilines is 3. The highest BCUT2D eigenvalue weighted by molar-refractivity contribution is 6.30. The molecule has 0 radical (unpaired) electrons. The number of halogens is 4. The molecule has 0 saturated carbocycles. The standard InChI is InChI=1S/C21H24ClN7O2.C2HF3O2/c1-12-15(6-7-17(24)26-12)10-25-20-21(31)29(13(2)19(22)28-20)11-18(30)27-16-5-3-4-14(8-16)9-23;3-2(4,5)1(6)7/h3-8H,9-11,23H2,1-2H3,(H2,24,26)(H,25,28)(H,27,30);(H,6,7). The van der Waals surface area contributed by atoms with E-state index >= 15 is 0 Å². The molecule has 0 atom stereocenters. The van der Waals surface area contributed by atoms with E-state index in [0.717, 1.165) is 16.8 Å². The molecule has 38 heavy (non-hydrogen) atoms. The van der Waals surface area contributed by atoms with Crippen LogP contribution in [0.4, 0.5) is 30.5 Å². The third-order valence-electron chi connectivity index (χ3n) is 5.01. The number of aromatic nitrogens is 3. The highest BCUT2D eigenvalue weighted by Crippen LogP contribution is 2.16. The first-order valence-electron chi connectivity index (χ1n) is 10.8. The van der Waals surface area contributed by atoms with Gasteiger partial charge in [-0.3, -0.25) is 14.2 Å². The van der Waals surface area contributed by atoms with E-state index in [0.29, 0.717) is 30.3 Å². The lowest BCUT2D eigenvalue weighted by Gasteiger charge is -2.14. The van der Waals surface area contributed by atoms with Crippen LogP contribution in [0.15, 0.2) is 41.2 Å². The van der Waals surface area contributed by atoms with Crippen molar-refractivity contribution in [1.29, 1.82) is 0 Å². The SMILES string of the molecule is Cc1nc(N)ccc1CNc1nc(Cl)c(C)n(CC(=O)Nc2cccc(CN)c2)c1=O.O=C(O)C(F)(F)F. The Morgan fingerprint density at radius 3 is 2.39 bits per heavy atom. The highest BCUT2D eigenvalue weighted by atomic mass is 35.5. The number of carboxylic acid groups (broad SMARTS) is 1. The second-order valence-electron chi connectivity index (χ2n) is 7.82. The van der Waals surface area contributed by atoms with E-state index in [2.05, 4.69) is 20.6 Å². The summed E-state index contributed by atoms with van der Waals surface area (Å²) in [6.45, 7) is 3.91. The zero-order valence-electron chi connectivity index (χ0n) is 20.3. The summed E-state index contributed by atoms with van der Waals surface area (Å²) in [5, 5.41) is 13.0. The molecule has 3 rings (SSSR count). The van der Waals surface area contributed by atoms with Gasteiger partial charge in [0.2, 0.25) is 5.91 Å². The smallest absolute Gasteiger partial charge is 0.475 e. The Morgan fingerprint density at radius 1 is 1.16 bits per heavy atom. The minimum atomic E-state index is -5.08. The summed E-state index contributed by atoms with van der Waals surface area (Å²) in [5.74, 6) is -2.66. The highest BCUT2D eigenvalue weighted by Gasteiger charge is 2.38. The average Bonchev–Trinajstić information content (AvgIpc) is 2.84. The predicted octanol–water partition coefficient (Wildman–Crippen LogP) is 2.83. The van der Waals surface area contributed by atoms with Gasteiger partial charge in [0.25, 0.3) is 5.56 Å². The molecular formula is C23H25ClF3N7O4. The summed E-state index contributed by atoms with van der Waals surface area (Å²) in [5.41, 5.74) is 14.3. The lowest BCUT2D eigenvalue weighted by molar-refractivity contribution is -0.192. The first-order chi connectivity index (χ1) is 17.7. The number of amides is 1. The second-order valence-corrected chi connectivity index (χ2v) is 8.18. The largest absolute Gasteiger partial charge is 0.490 e. The fraction of sp³-hybridized carbons (Fsp3) is 0.261. The van der Waals surface area contributed by atoms with E-state index in [9.17, 15) is 22.8 Å². The summed E-state index contributed by atoms with van der Waals surface area (Å²) in [4.78, 5) is 42.7. The number of carbonyl (C=O) groups excluding carboxylic acids is 1. The molecule has 0 spiro atoms. The number of nitrogens with one attached hydrogen (secondary N) is 2. The van der Waals surface area contributed by atoms with Crippen LogP contribution in [0.5, 0.6) is 0 Å². The molecule has 0 aliphatic rings. The summed E-state index contributed by atoms with van der Waals surface area (Å²) >= 11 is 6.22. The number of rotatable bonds is 7. The molecule has 0 bridgehead atoms. The van der Waals surface area contributed by atoms with Gasteiger partial charge in [0.1, 0.15) is 12.4 Å². The lowest BCUT2D eigenvalue weighted by atomic mass is 10.2. The van der Waals surface area contributed by atoms with E-state index < -0.39 is 17.7 Å². The summed E-state index contributed by atoms with van der Waals surface area (Å²) in [7, 11) is 0. The van der Waals surface area contributed by atoms with Crippen molar-refractivity contribution in [2.45, 2.75) is 39.7 Å². The van der Waals surface area contributed by atoms with Gasteiger partial charge < -0.3 is 27.2 Å². The van der Waals surface area contributed by atoms with Crippen LogP contribution < -0.4 is 27.7 Å². The van der Waals surface area contributed by atoms with Crippen LogP contribution in [0.2, 0.25) is 5.15 Å². The molecule has 0 unspecified atom stereocenters. The normalized spacial score (nSPS) is 10.8. The Balaban J connectivity index is 0.000000638. The molecule has 0 fully saturated rings. The average molecular weight is 556 g/mol. The molecular weight excluding hydrogens is 531 g/mol. The Hall–Kier alpha value is -4.17. The molecule has 1 aromatic carbocycles. The van der Waals surface area contributed by atoms with Crippen molar-refractivity contribution in [1.82, 2.24) is 14.5 Å². The van der Waals surface area contributed by atoms with Crippen molar-refractivity contribution < 1.29 is 27.9 Å². The third kappa shape index (κ3) is 8.45. The number of benzene rings is 1. The van der Waals surface area contributed by atoms with E-state index in [1.54, 1.807) is 31.2 Å². The molecule has 2 heterocycles. The van der Waals surface area contributed by atoms with Crippen LogP contribution in [0.1, 0.15) is 22.5 Å². The molecule has 0 aliphatic carbocycles. The van der Waals surface area contributed by atoms with Crippen molar-refractivity contribution in [2.75, 3.05) is 16.4 Å². The van der Waals surface area contributed by atoms with Crippen LogP contribution >= 0.6 is 11.6 Å². The van der Waals surface area contributed by atoms with Crippen molar-refractivity contribution in [2.24, 2.45) is 5.73 Å². The number of pyridine rings is 1. The van der Waals surface area contributed by atoms with Crippen molar-refractivity contribution in [3.8, 4) is 0 Å². The monoisotopic (exact) mass is 555 g/mol. The van der Waals surface area contributed by atoms with Crippen LogP contribution in [-0.4, -0.2) is 37.7 Å². The van der Waals surface area contributed by atoms with Crippen LogP contribution in [0.25, 0.3) is 0 Å². The van der Waals surface area contributed by atoms with Crippen molar-refractivity contribution >= 4 is 40.8 Å². The van der Waals surface area contributed by atoms with Gasteiger partial charge in [-0.15, -0.1) is 0 Å². The minimum Gasteiger partial charge on any atom is -0.475 e. The minimum absolute atomic E-state index is 0.0461. The Morgan fingerprint density at radius 2 is 1.82 bits per heavy atom. The molecule has 204 valence electrons. The molecule has 2 aromatic heterocycles. The van der Waals surface area contributed by atoms with Crippen LogP contribution in [0, 0.1) is 13.8 Å². The van der Waals surface area contributed by atoms with E-state index in [1.807, 2.05) is 19.1 Å². The van der Waals surface area contributed by atoms with Crippen molar-refractivity contribution in [3.05, 3.63) is 74.4 Å². The van der Waals surface area contributed by atoms with Crippen molar-refractivity contribution in [3.63, 3.8) is 0 Å². The van der Waals surface area contributed by atoms with Crippen LogP contribution in [-0.2, 0) is 29.2 Å². The number of alkyl halides is 3. The van der Waals surface area contributed by atoms with Gasteiger partial charge in [0.05, 0.1) is 5.69 Å². The van der Waals surface area contributed by atoms with E-state index in [4.69, 9.17) is 33.0 Å². The number of hydrogen-bond acceptors (Lipinski definition) is 8. The zero-order chi connectivity index (χ0) is 28.6. The Kier molecular flexibility index (Phi) is 10.2. The molecule has 0 saturated heterocycles. The summed E-state index contributed by atoms with van der Waals surface area (Å²) < 4.78 is 33.0. The zero-order valence-corrected chi connectivity index (χ0v) is 21.0. The molecule has 1 amide bonds. The topological polar surface area (TPSA) is 178 Å².